The fourth-order valence-corrected chi connectivity index (χ4v) is 2.70. The molecule has 1 N–H and O–H groups in total. The van der Waals surface area contributed by atoms with Gasteiger partial charge in [0, 0.05) is 24.5 Å². The summed E-state index contributed by atoms with van der Waals surface area (Å²) in [6, 6.07) is 9.69. The van der Waals surface area contributed by atoms with Crippen LogP contribution in [0.1, 0.15) is 0 Å². The van der Waals surface area contributed by atoms with E-state index < -0.39 is 29.9 Å². The van der Waals surface area contributed by atoms with Crippen LogP contribution in [0, 0.1) is 5.82 Å². The van der Waals surface area contributed by atoms with E-state index in [-0.39, 0.29) is 12.2 Å². The SMILES string of the molecule is O=C(CN1CCN(c2ccc(F)cc2)C1=O)Nc1ccc(OC(F)(F)F)cc1. The number of nitrogens with zero attached hydrogens (tertiary/aromatic N) is 2. The zero-order chi connectivity index (χ0) is 20.3. The molecule has 6 nitrogen and oxygen atoms in total. The van der Waals surface area contributed by atoms with Crippen LogP contribution in [0.2, 0.25) is 0 Å². The summed E-state index contributed by atoms with van der Waals surface area (Å²) in [6.45, 7) is 0.431. The summed E-state index contributed by atoms with van der Waals surface area (Å²) in [6.07, 6.45) is -4.79. The average Bonchev–Trinajstić information content (AvgIpc) is 2.97. The topological polar surface area (TPSA) is 61.9 Å². The molecule has 2 aromatic carbocycles. The van der Waals surface area contributed by atoms with Crippen LogP contribution in [0.3, 0.4) is 0 Å². The van der Waals surface area contributed by atoms with Crippen molar-refractivity contribution in [1.82, 2.24) is 4.90 Å². The van der Waals surface area contributed by atoms with Gasteiger partial charge >= 0.3 is 12.4 Å². The van der Waals surface area contributed by atoms with Crippen LogP contribution in [0.5, 0.6) is 5.75 Å². The lowest BCUT2D eigenvalue weighted by Crippen LogP contribution is -2.37. The van der Waals surface area contributed by atoms with E-state index in [1.807, 2.05) is 0 Å². The van der Waals surface area contributed by atoms with Crippen LogP contribution >= 0.6 is 0 Å². The van der Waals surface area contributed by atoms with E-state index in [2.05, 4.69) is 10.1 Å². The summed E-state index contributed by atoms with van der Waals surface area (Å²) >= 11 is 0. The Hall–Kier alpha value is -3.30. The number of ether oxygens (including phenoxy) is 1. The van der Waals surface area contributed by atoms with E-state index in [0.717, 1.165) is 12.1 Å². The van der Waals surface area contributed by atoms with Crippen molar-refractivity contribution in [1.29, 1.82) is 0 Å². The molecule has 0 unspecified atom stereocenters. The minimum atomic E-state index is -4.79. The van der Waals surface area contributed by atoms with Crippen molar-refractivity contribution in [2.24, 2.45) is 0 Å². The van der Waals surface area contributed by atoms with Gasteiger partial charge in [0.05, 0.1) is 0 Å². The molecule has 0 radical (unpaired) electrons. The van der Waals surface area contributed by atoms with Crippen molar-refractivity contribution in [3.05, 3.63) is 54.3 Å². The Morgan fingerprint density at radius 1 is 1.04 bits per heavy atom. The number of nitrogens with one attached hydrogen (secondary N) is 1. The summed E-state index contributed by atoms with van der Waals surface area (Å²) < 4.78 is 53.2. The number of hydrogen-bond donors (Lipinski definition) is 1. The monoisotopic (exact) mass is 397 g/mol. The van der Waals surface area contributed by atoms with E-state index >= 15 is 0 Å². The number of alkyl halides is 3. The molecule has 0 saturated carbocycles. The Morgan fingerprint density at radius 2 is 1.68 bits per heavy atom. The molecule has 1 heterocycles. The number of urea groups is 1. The van der Waals surface area contributed by atoms with Crippen molar-refractivity contribution in [2.45, 2.75) is 6.36 Å². The number of carbonyl (C=O) groups is 2. The van der Waals surface area contributed by atoms with Crippen molar-refractivity contribution >= 4 is 23.3 Å². The molecule has 0 bridgehead atoms. The highest BCUT2D eigenvalue weighted by atomic mass is 19.4. The normalized spacial score (nSPS) is 14.4. The first-order valence-corrected chi connectivity index (χ1v) is 8.19. The van der Waals surface area contributed by atoms with E-state index in [4.69, 9.17) is 0 Å². The van der Waals surface area contributed by atoms with Crippen LogP contribution < -0.4 is 15.0 Å². The summed E-state index contributed by atoms with van der Waals surface area (Å²) in [5.74, 6) is -1.33. The molecule has 148 valence electrons. The lowest BCUT2D eigenvalue weighted by atomic mass is 10.3. The molecule has 0 aliphatic carbocycles. The van der Waals surface area contributed by atoms with Gasteiger partial charge in [-0.05, 0) is 48.5 Å². The van der Waals surface area contributed by atoms with Crippen LogP contribution in [-0.2, 0) is 4.79 Å². The second-order valence-corrected chi connectivity index (χ2v) is 5.95. The Bertz CT molecular complexity index is 854. The molecule has 0 atom stereocenters. The molecular formula is C18H15F4N3O3. The predicted molar refractivity (Wildman–Crippen MR) is 92.5 cm³/mol. The van der Waals surface area contributed by atoms with Gasteiger partial charge in [-0.2, -0.15) is 0 Å². The van der Waals surface area contributed by atoms with Gasteiger partial charge in [0.2, 0.25) is 5.91 Å². The maximum atomic E-state index is 13.0. The van der Waals surface area contributed by atoms with E-state index in [1.165, 1.54) is 46.2 Å². The van der Waals surface area contributed by atoms with Gasteiger partial charge < -0.3 is 15.0 Å². The third-order valence-corrected chi connectivity index (χ3v) is 3.94. The molecule has 2 aromatic rings. The van der Waals surface area contributed by atoms with Crippen LogP contribution in [0.15, 0.2) is 48.5 Å². The van der Waals surface area contributed by atoms with E-state index in [9.17, 15) is 27.2 Å². The Kier molecular flexibility index (Phi) is 5.39. The number of benzene rings is 2. The number of hydrogen-bond acceptors (Lipinski definition) is 3. The first-order chi connectivity index (χ1) is 13.2. The molecular weight excluding hydrogens is 382 g/mol. The van der Waals surface area contributed by atoms with E-state index in [1.54, 1.807) is 0 Å². The van der Waals surface area contributed by atoms with Crippen molar-refractivity contribution in [3.8, 4) is 5.75 Å². The fourth-order valence-electron chi connectivity index (χ4n) is 2.70. The highest BCUT2D eigenvalue weighted by Gasteiger charge is 2.32. The summed E-state index contributed by atoms with van der Waals surface area (Å²) in [7, 11) is 0. The van der Waals surface area contributed by atoms with Gasteiger partial charge in [-0.1, -0.05) is 0 Å². The molecule has 0 aromatic heterocycles. The lowest BCUT2D eigenvalue weighted by molar-refractivity contribution is -0.274. The minimum absolute atomic E-state index is 0.225. The van der Waals surface area contributed by atoms with Crippen molar-refractivity contribution in [3.63, 3.8) is 0 Å². The molecule has 3 rings (SSSR count). The van der Waals surface area contributed by atoms with Gasteiger partial charge in [-0.3, -0.25) is 9.69 Å². The van der Waals surface area contributed by atoms with Crippen molar-refractivity contribution < 1.29 is 31.9 Å². The van der Waals surface area contributed by atoms with Gasteiger partial charge in [0.15, 0.2) is 0 Å². The van der Waals surface area contributed by atoms with Gasteiger partial charge in [-0.25, -0.2) is 9.18 Å². The largest absolute Gasteiger partial charge is 0.573 e. The standard InChI is InChI=1S/C18H15F4N3O3/c19-12-1-5-14(6-2-12)25-10-9-24(17(25)27)11-16(26)23-13-3-7-15(8-4-13)28-18(20,21)22/h1-8H,9-11H2,(H,23,26). The first kappa shape index (κ1) is 19.5. The number of anilines is 2. The third-order valence-electron chi connectivity index (χ3n) is 3.94. The highest BCUT2D eigenvalue weighted by molar-refractivity contribution is 5.99. The maximum absolute atomic E-state index is 13.0. The van der Waals surface area contributed by atoms with Crippen LogP contribution in [0.4, 0.5) is 33.7 Å². The lowest BCUT2D eigenvalue weighted by Gasteiger charge is -2.18. The number of halogens is 4. The number of amides is 3. The molecule has 1 fully saturated rings. The molecule has 0 spiro atoms. The molecule has 1 aliphatic rings. The summed E-state index contributed by atoms with van der Waals surface area (Å²) in [5, 5.41) is 2.50. The minimum Gasteiger partial charge on any atom is -0.406 e. The second kappa shape index (κ2) is 7.75. The predicted octanol–water partition coefficient (Wildman–Crippen LogP) is 3.61. The third kappa shape index (κ3) is 4.90. The molecule has 10 heteroatoms. The Balaban J connectivity index is 1.55. The Morgan fingerprint density at radius 3 is 2.29 bits per heavy atom. The summed E-state index contributed by atoms with van der Waals surface area (Å²) in [4.78, 5) is 27.3. The van der Waals surface area contributed by atoms with E-state index in [0.29, 0.717) is 18.8 Å². The summed E-state index contributed by atoms with van der Waals surface area (Å²) in [5.41, 5.74) is 0.788. The smallest absolute Gasteiger partial charge is 0.406 e. The zero-order valence-electron chi connectivity index (χ0n) is 14.4. The Labute approximate surface area is 157 Å². The number of rotatable bonds is 5. The second-order valence-electron chi connectivity index (χ2n) is 5.95. The zero-order valence-corrected chi connectivity index (χ0v) is 14.4. The molecule has 1 aliphatic heterocycles. The number of carbonyl (C=O) groups excluding carboxylic acids is 2. The highest BCUT2D eigenvalue weighted by Crippen LogP contribution is 2.24. The first-order valence-electron chi connectivity index (χ1n) is 8.19. The van der Waals surface area contributed by atoms with Gasteiger partial charge in [0.1, 0.15) is 18.1 Å². The quantitative estimate of drug-likeness (QED) is 0.785. The molecule has 3 amide bonds. The molecule has 28 heavy (non-hydrogen) atoms. The average molecular weight is 397 g/mol. The molecule has 1 saturated heterocycles. The van der Waals surface area contributed by atoms with Crippen molar-refractivity contribution in [2.75, 3.05) is 29.9 Å². The fraction of sp³-hybridized carbons (Fsp3) is 0.222. The van der Waals surface area contributed by atoms with Gasteiger partial charge in [-0.15, -0.1) is 13.2 Å². The van der Waals surface area contributed by atoms with Gasteiger partial charge in [0.25, 0.3) is 0 Å². The maximum Gasteiger partial charge on any atom is 0.573 e. The van der Waals surface area contributed by atoms with Crippen LogP contribution in [-0.4, -0.2) is 42.8 Å². The van der Waals surface area contributed by atoms with Crippen LogP contribution in [0.25, 0.3) is 0 Å².